The molecule has 1 fully saturated rings. The molecule has 1 rings (SSSR count). The second-order valence-electron chi connectivity index (χ2n) is 3.89. The molecule has 0 bridgehead atoms. The van der Waals surface area contributed by atoms with Gasteiger partial charge in [0, 0.05) is 6.04 Å². The van der Waals surface area contributed by atoms with E-state index in [2.05, 4.69) is 4.90 Å². The maximum atomic E-state index is 11.2. The van der Waals surface area contributed by atoms with Crippen molar-refractivity contribution < 1.29 is 9.90 Å². The van der Waals surface area contributed by atoms with Gasteiger partial charge in [-0.1, -0.05) is 13.8 Å². The van der Waals surface area contributed by atoms with Crippen LogP contribution in [0.4, 0.5) is 0 Å². The largest absolute Gasteiger partial charge is 0.480 e. The molecule has 0 atom stereocenters. The normalized spacial score (nSPS) is 17.8. The molecule has 0 amide bonds. The van der Waals surface area contributed by atoms with Crippen LogP contribution in [0.3, 0.4) is 0 Å². The number of carboxylic acids is 1. The van der Waals surface area contributed by atoms with Crippen LogP contribution in [0.25, 0.3) is 0 Å². The van der Waals surface area contributed by atoms with E-state index in [1.807, 2.05) is 20.9 Å². The van der Waals surface area contributed by atoms with Crippen LogP contribution in [0.2, 0.25) is 0 Å². The molecule has 13 heavy (non-hydrogen) atoms. The van der Waals surface area contributed by atoms with Crippen LogP contribution in [0, 0.1) is 0 Å². The molecule has 0 heterocycles. The lowest BCUT2D eigenvalue weighted by molar-refractivity contribution is -0.151. The average Bonchev–Trinajstić information content (AvgIpc) is 2.89. The Morgan fingerprint density at radius 2 is 1.92 bits per heavy atom. The Labute approximate surface area is 79.7 Å². The van der Waals surface area contributed by atoms with Gasteiger partial charge in [-0.2, -0.15) is 0 Å². The van der Waals surface area contributed by atoms with E-state index in [-0.39, 0.29) is 0 Å². The first-order valence-electron chi connectivity index (χ1n) is 5.04. The van der Waals surface area contributed by atoms with Crippen molar-refractivity contribution in [3.05, 3.63) is 0 Å². The summed E-state index contributed by atoms with van der Waals surface area (Å²) in [5.41, 5.74) is -0.624. The SMILES string of the molecule is CCC(CC)(C(=O)O)N(C)C1CC1. The summed E-state index contributed by atoms with van der Waals surface area (Å²) in [5, 5.41) is 9.23. The van der Waals surface area contributed by atoms with Crippen molar-refractivity contribution in [2.75, 3.05) is 7.05 Å². The Kier molecular flexibility index (Phi) is 2.96. The number of carboxylic acid groups (broad SMARTS) is 1. The lowest BCUT2D eigenvalue weighted by Gasteiger charge is -2.37. The van der Waals surface area contributed by atoms with Gasteiger partial charge in [-0.15, -0.1) is 0 Å². The molecule has 0 aromatic heterocycles. The molecule has 0 saturated heterocycles. The summed E-state index contributed by atoms with van der Waals surface area (Å²) in [5.74, 6) is -0.674. The second-order valence-corrected chi connectivity index (χ2v) is 3.89. The Morgan fingerprint density at radius 1 is 1.46 bits per heavy atom. The van der Waals surface area contributed by atoms with Gasteiger partial charge in [0.15, 0.2) is 0 Å². The summed E-state index contributed by atoms with van der Waals surface area (Å²) >= 11 is 0. The highest BCUT2D eigenvalue weighted by molar-refractivity contribution is 5.78. The van der Waals surface area contributed by atoms with Gasteiger partial charge in [0.05, 0.1) is 0 Å². The Morgan fingerprint density at radius 3 is 2.15 bits per heavy atom. The number of aliphatic carboxylic acids is 1. The molecule has 3 nitrogen and oxygen atoms in total. The van der Waals surface area contributed by atoms with Crippen molar-refractivity contribution >= 4 is 5.97 Å². The highest BCUT2D eigenvalue weighted by Gasteiger charge is 2.45. The molecule has 0 aromatic rings. The van der Waals surface area contributed by atoms with Crippen LogP contribution in [0.1, 0.15) is 39.5 Å². The number of nitrogens with zero attached hydrogens (tertiary/aromatic N) is 1. The van der Waals surface area contributed by atoms with Crippen LogP contribution in [-0.2, 0) is 4.79 Å². The summed E-state index contributed by atoms with van der Waals surface area (Å²) in [6.07, 6.45) is 3.69. The van der Waals surface area contributed by atoms with E-state index in [4.69, 9.17) is 0 Å². The van der Waals surface area contributed by atoms with E-state index >= 15 is 0 Å². The van der Waals surface area contributed by atoms with E-state index < -0.39 is 11.5 Å². The zero-order valence-corrected chi connectivity index (χ0v) is 8.71. The molecule has 0 aromatic carbocycles. The van der Waals surface area contributed by atoms with Gasteiger partial charge in [0.25, 0.3) is 0 Å². The quantitative estimate of drug-likeness (QED) is 0.709. The van der Waals surface area contributed by atoms with E-state index in [1.165, 1.54) is 0 Å². The zero-order valence-electron chi connectivity index (χ0n) is 8.71. The summed E-state index contributed by atoms with van der Waals surface area (Å²) in [4.78, 5) is 13.3. The van der Waals surface area contributed by atoms with Crippen LogP contribution in [-0.4, -0.2) is 34.6 Å². The number of rotatable bonds is 5. The van der Waals surface area contributed by atoms with Crippen molar-refractivity contribution in [3.8, 4) is 0 Å². The number of hydrogen-bond donors (Lipinski definition) is 1. The first kappa shape index (κ1) is 10.5. The van der Waals surface area contributed by atoms with Crippen molar-refractivity contribution in [2.24, 2.45) is 0 Å². The first-order chi connectivity index (χ1) is 6.08. The molecule has 3 heteroatoms. The van der Waals surface area contributed by atoms with E-state index in [0.29, 0.717) is 18.9 Å². The minimum atomic E-state index is -0.674. The molecular weight excluding hydrogens is 166 g/mol. The topological polar surface area (TPSA) is 40.5 Å². The van der Waals surface area contributed by atoms with Crippen LogP contribution in [0.15, 0.2) is 0 Å². The number of likely N-dealkylation sites (N-methyl/N-ethyl adjacent to an activating group) is 1. The highest BCUT2D eigenvalue weighted by Crippen LogP contribution is 2.34. The van der Waals surface area contributed by atoms with Crippen LogP contribution >= 0.6 is 0 Å². The Balaban J connectivity index is 2.79. The maximum absolute atomic E-state index is 11.2. The van der Waals surface area contributed by atoms with Crippen molar-refractivity contribution in [3.63, 3.8) is 0 Å². The summed E-state index contributed by atoms with van der Waals surface area (Å²) in [7, 11) is 1.94. The van der Waals surface area contributed by atoms with E-state index in [1.54, 1.807) is 0 Å². The molecule has 0 spiro atoms. The third-order valence-corrected chi connectivity index (χ3v) is 3.34. The minimum Gasteiger partial charge on any atom is -0.480 e. The smallest absolute Gasteiger partial charge is 0.324 e. The number of carbonyl (C=O) groups is 1. The van der Waals surface area contributed by atoms with E-state index in [9.17, 15) is 9.90 Å². The Hall–Kier alpha value is -0.570. The fourth-order valence-electron chi connectivity index (χ4n) is 2.01. The molecule has 0 unspecified atom stereocenters. The number of hydrogen-bond acceptors (Lipinski definition) is 2. The van der Waals surface area contributed by atoms with Gasteiger partial charge in [-0.25, -0.2) is 0 Å². The van der Waals surface area contributed by atoms with Gasteiger partial charge in [0.1, 0.15) is 5.54 Å². The van der Waals surface area contributed by atoms with Crippen LogP contribution < -0.4 is 0 Å². The summed E-state index contributed by atoms with van der Waals surface area (Å²) in [6, 6.07) is 0.510. The van der Waals surface area contributed by atoms with E-state index in [0.717, 1.165) is 12.8 Å². The average molecular weight is 185 g/mol. The standard InChI is InChI=1S/C10H19NO2/c1-4-10(5-2,9(12)13)11(3)8-6-7-8/h8H,4-7H2,1-3H3,(H,12,13). The molecule has 1 aliphatic rings. The van der Waals surface area contributed by atoms with Crippen molar-refractivity contribution in [1.29, 1.82) is 0 Å². The van der Waals surface area contributed by atoms with Gasteiger partial charge < -0.3 is 5.11 Å². The summed E-state index contributed by atoms with van der Waals surface area (Å²) < 4.78 is 0. The fourth-order valence-corrected chi connectivity index (χ4v) is 2.01. The van der Waals surface area contributed by atoms with Gasteiger partial charge in [-0.05, 0) is 32.7 Å². The predicted molar refractivity (Wildman–Crippen MR) is 51.7 cm³/mol. The third kappa shape index (κ3) is 1.70. The lowest BCUT2D eigenvalue weighted by atomic mass is 9.91. The maximum Gasteiger partial charge on any atom is 0.324 e. The predicted octanol–water partition coefficient (Wildman–Crippen LogP) is 1.72. The lowest BCUT2D eigenvalue weighted by Crippen LogP contribution is -2.53. The van der Waals surface area contributed by atoms with Gasteiger partial charge in [-0.3, -0.25) is 9.69 Å². The minimum absolute atomic E-state index is 0.510. The molecule has 1 saturated carbocycles. The monoisotopic (exact) mass is 185 g/mol. The molecule has 0 aliphatic heterocycles. The molecule has 1 N–H and O–H groups in total. The molecular formula is C10H19NO2. The molecule has 0 radical (unpaired) electrons. The van der Waals surface area contributed by atoms with Crippen LogP contribution in [0.5, 0.6) is 0 Å². The highest BCUT2D eigenvalue weighted by atomic mass is 16.4. The fraction of sp³-hybridized carbons (Fsp3) is 0.900. The summed E-state index contributed by atoms with van der Waals surface area (Å²) in [6.45, 7) is 3.91. The Bertz CT molecular complexity index is 195. The zero-order chi connectivity index (χ0) is 10.1. The van der Waals surface area contributed by atoms with Gasteiger partial charge >= 0.3 is 5.97 Å². The molecule has 1 aliphatic carbocycles. The second kappa shape index (κ2) is 3.66. The van der Waals surface area contributed by atoms with Gasteiger partial charge in [0.2, 0.25) is 0 Å². The van der Waals surface area contributed by atoms with Crippen molar-refractivity contribution in [1.82, 2.24) is 4.90 Å². The first-order valence-corrected chi connectivity index (χ1v) is 5.04. The molecule has 76 valence electrons. The van der Waals surface area contributed by atoms with Crippen molar-refractivity contribution in [2.45, 2.75) is 51.1 Å². The third-order valence-electron chi connectivity index (χ3n) is 3.34.